The van der Waals surface area contributed by atoms with Gasteiger partial charge in [0.2, 0.25) is 0 Å². The fourth-order valence-corrected chi connectivity index (χ4v) is 2.20. The predicted molar refractivity (Wildman–Crippen MR) is 67.3 cm³/mol. The zero-order valence-corrected chi connectivity index (χ0v) is 11.0. The predicted octanol–water partition coefficient (Wildman–Crippen LogP) is 4.18. The van der Waals surface area contributed by atoms with Crippen LogP contribution < -0.4 is 5.73 Å². The summed E-state index contributed by atoms with van der Waals surface area (Å²) in [4.78, 5) is 0. The zero-order chi connectivity index (χ0) is 14.0. The van der Waals surface area contributed by atoms with Crippen molar-refractivity contribution in [3.05, 3.63) is 35.4 Å². The number of rotatable bonds is 3. The van der Waals surface area contributed by atoms with Crippen molar-refractivity contribution in [2.24, 2.45) is 11.1 Å². The van der Waals surface area contributed by atoms with E-state index in [-0.39, 0.29) is 11.3 Å². The molecule has 1 atom stereocenters. The van der Waals surface area contributed by atoms with Gasteiger partial charge in [0.1, 0.15) is 0 Å². The lowest BCUT2D eigenvalue weighted by Gasteiger charge is -2.31. The summed E-state index contributed by atoms with van der Waals surface area (Å²) in [5.41, 5.74) is 5.58. The molecule has 1 nitrogen and oxygen atoms in total. The highest BCUT2D eigenvalue weighted by atomic mass is 19.4. The molecule has 0 aliphatic rings. The van der Waals surface area contributed by atoms with Gasteiger partial charge in [-0.1, -0.05) is 39.0 Å². The van der Waals surface area contributed by atoms with E-state index in [2.05, 4.69) is 0 Å². The van der Waals surface area contributed by atoms with Crippen LogP contribution in [0.1, 0.15) is 44.2 Å². The molecule has 0 amide bonds. The summed E-state index contributed by atoms with van der Waals surface area (Å²) in [7, 11) is 0. The Labute approximate surface area is 106 Å². The molecule has 0 fully saturated rings. The highest BCUT2D eigenvalue weighted by molar-refractivity contribution is 5.29. The Hall–Kier alpha value is -1.03. The minimum atomic E-state index is -4.29. The summed E-state index contributed by atoms with van der Waals surface area (Å²) >= 11 is 0. The summed E-state index contributed by atoms with van der Waals surface area (Å²) in [6, 6.07) is 5.56. The van der Waals surface area contributed by atoms with Crippen molar-refractivity contribution in [3.8, 4) is 0 Å². The molecule has 0 heterocycles. The molecule has 0 aliphatic carbocycles. The molecule has 0 saturated heterocycles. The number of hydrogen-bond donors (Lipinski definition) is 1. The van der Waals surface area contributed by atoms with Crippen LogP contribution >= 0.6 is 0 Å². The van der Waals surface area contributed by atoms with E-state index >= 15 is 0 Å². The second-order valence-corrected chi connectivity index (χ2v) is 5.62. The number of halogens is 3. The first-order valence-electron chi connectivity index (χ1n) is 6.03. The van der Waals surface area contributed by atoms with Gasteiger partial charge in [0, 0.05) is 0 Å². The van der Waals surface area contributed by atoms with Crippen LogP contribution in [0.4, 0.5) is 13.2 Å². The van der Waals surface area contributed by atoms with E-state index < -0.39 is 11.7 Å². The molecule has 1 aromatic carbocycles. The van der Waals surface area contributed by atoms with Gasteiger partial charge in [0.25, 0.3) is 0 Å². The second kappa shape index (κ2) is 5.31. The summed E-state index contributed by atoms with van der Waals surface area (Å²) in [5.74, 6) is 0.0322. The van der Waals surface area contributed by atoms with Gasteiger partial charge in [-0.2, -0.15) is 13.2 Å². The maximum absolute atomic E-state index is 12.7. The van der Waals surface area contributed by atoms with E-state index in [1.807, 2.05) is 20.8 Å². The molecule has 18 heavy (non-hydrogen) atoms. The summed E-state index contributed by atoms with van der Waals surface area (Å²) in [5, 5.41) is 0. The molecule has 2 N–H and O–H groups in total. The molecule has 1 aromatic rings. The van der Waals surface area contributed by atoms with E-state index in [4.69, 9.17) is 5.73 Å². The van der Waals surface area contributed by atoms with Gasteiger partial charge in [0.05, 0.1) is 5.56 Å². The standard InChI is InChI=1S/C14H20F3N/c1-13(2,3)12(7-8-18)10-5-4-6-11(9-10)14(15,16)17/h4-6,9,12H,7-8,18H2,1-3H3. The fourth-order valence-electron chi connectivity index (χ4n) is 2.20. The Morgan fingerprint density at radius 2 is 1.78 bits per heavy atom. The summed E-state index contributed by atoms with van der Waals surface area (Å²) in [6.07, 6.45) is -3.61. The highest BCUT2D eigenvalue weighted by Gasteiger charge is 2.32. The van der Waals surface area contributed by atoms with Crippen LogP contribution in [-0.2, 0) is 6.18 Å². The Bertz CT molecular complexity index is 391. The first-order chi connectivity index (χ1) is 8.16. The van der Waals surface area contributed by atoms with E-state index in [0.717, 1.165) is 6.07 Å². The molecule has 0 saturated carbocycles. The van der Waals surface area contributed by atoms with Crippen LogP contribution in [0.15, 0.2) is 24.3 Å². The lowest BCUT2D eigenvalue weighted by Crippen LogP contribution is -2.22. The Morgan fingerprint density at radius 3 is 2.22 bits per heavy atom. The van der Waals surface area contributed by atoms with Crippen LogP contribution in [0.2, 0.25) is 0 Å². The maximum Gasteiger partial charge on any atom is 0.416 e. The van der Waals surface area contributed by atoms with Gasteiger partial charge in [-0.15, -0.1) is 0 Å². The van der Waals surface area contributed by atoms with Gasteiger partial charge < -0.3 is 5.73 Å². The molecule has 1 rings (SSSR count). The van der Waals surface area contributed by atoms with Gasteiger partial charge in [-0.05, 0) is 35.9 Å². The van der Waals surface area contributed by atoms with Crippen molar-refractivity contribution in [2.75, 3.05) is 6.54 Å². The van der Waals surface area contributed by atoms with Gasteiger partial charge in [-0.25, -0.2) is 0 Å². The van der Waals surface area contributed by atoms with Crippen LogP contribution in [0, 0.1) is 5.41 Å². The lowest BCUT2D eigenvalue weighted by atomic mass is 9.74. The van der Waals surface area contributed by atoms with Crippen LogP contribution in [-0.4, -0.2) is 6.54 Å². The van der Waals surface area contributed by atoms with Crippen molar-refractivity contribution in [1.82, 2.24) is 0 Å². The van der Waals surface area contributed by atoms with Crippen molar-refractivity contribution < 1.29 is 13.2 Å². The van der Waals surface area contributed by atoms with Crippen molar-refractivity contribution in [3.63, 3.8) is 0 Å². The van der Waals surface area contributed by atoms with E-state index in [9.17, 15) is 13.2 Å². The molecular weight excluding hydrogens is 239 g/mol. The van der Waals surface area contributed by atoms with Gasteiger partial charge in [-0.3, -0.25) is 0 Å². The van der Waals surface area contributed by atoms with Crippen LogP contribution in [0.5, 0.6) is 0 Å². The van der Waals surface area contributed by atoms with Crippen molar-refractivity contribution in [1.29, 1.82) is 0 Å². The summed E-state index contributed by atoms with van der Waals surface area (Å²) < 4.78 is 38.1. The van der Waals surface area contributed by atoms with Gasteiger partial charge >= 0.3 is 6.18 Å². The second-order valence-electron chi connectivity index (χ2n) is 5.62. The van der Waals surface area contributed by atoms with Crippen molar-refractivity contribution >= 4 is 0 Å². The normalized spacial score (nSPS) is 14.6. The third-order valence-electron chi connectivity index (χ3n) is 3.12. The quantitative estimate of drug-likeness (QED) is 0.865. The van der Waals surface area contributed by atoms with Gasteiger partial charge in [0.15, 0.2) is 0 Å². The number of nitrogens with two attached hydrogens (primary N) is 1. The molecule has 0 bridgehead atoms. The third-order valence-corrected chi connectivity index (χ3v) is 3.12. The third kappa shape index (κ3) is 3.73. The molecular formula is C14H20F3N. The monoisotopic (exact) mass is 259 g/mol. The first-order valence-corrected chi connectivity index (χ1v) is 6.03. The molecule has 1 unspecified atom stereocenters. The number of alkyl halides is 3. The molecule has 0 aliphatic heterocycles. The minimum Gasteiger partial charge on any atom is -0.330 e. The Morgan fingerprint density at radius 1 is 1.17 bits per heavy atom. The van der Waals surface area contributed by atoms with E-state index in [0.29, 0.717) is 18.5 Å². The number of hydrogen-bond acceptors (Lipinski definition) is 1. The SMILES string of the molecule is CC(C)(C)C(CCN)c1cccc(C(F)(F)F)c1. The number of benzene rings is 1. The molecule has 0 aromatic heterocycles. The van der Waals surface area contributed by atoms with Crippen LogP contribution in [0.3, 0.4) is 0 Å². The molecule has 0 spiro atoms. The average Bonchev–Trinajstić information content (AvgIpc) is 2.23. The minimum absolute atomic E-state index is 0.0322. The zero-order valence-electron chi connectivity index (χ0n) is 11.0. The highest BCUT2D eigenvalue weighted by Crippen LogP contribution is 2.39. The smallest absolute Gasteiger partial charge is 0.330 e. The Balaban J connectivity index is 3.14. The lowest BCUT2D eigenvalue weighted by molar-refractivity contribution is -0.137. The first kappa shape index (κ1) is 15.0. The maximum atomic E-state index is 12.7. The molecule has 0 radical (unpaired) electrons. The average molecular weight is 259 g/mol. The largest absolute Gasteiger partial charge is 0.416 e. The van der Waals surface area contributed by atoms with E-state index in [1.165, 1.54) is 12.1 Å². The Kier molecular flexibility index (Phi) is 4.43. The molecule has 102 valence electrons. The van der Waals surface area contributed by atoms with Crippen LogP contribution in [0.25, 0.3) is 0 Å². The summed E-state index contributed by atoms with van der Waals surface area (Å²) in [6.45, 7) is 6.53. The molecule has 4 heteroatoms. The van der Waals surface area contributed by atoms with Crippen molar-refractivity contribution in [2.45, 2.75) is 39.3 Å². The fraction of sp³-hybridized carbons (Fsp3) is 0.571. The van der Waals surface area contributed by atoms with E-state index in [1.54, 1.807) is 6.07 Å². The topological polar surface area (TPSA) is 26.0 Å².